The van der Waals surface area contributed by atoms with Crippen LogP contribution in [0.15, 0.2) is 18.3 Å². The number of amides is 1. The highest BCUT2D eigenvalue weighted by Gasteiger charge is 2.18. The zero-order valence-corrected chi connectivity index (χ0v) is 13.2. The molecule has 1 aromatic rings. The normalized spacial score (nSPS) is 12.6. The van der Waals surface area contributed by atoms with Crippen LogP contribution in [0.1, 0.15) is 43.7 Å². The number of pyridine rings is 1. The van der Waals surface area contributed by atoms with Crippen molar-refractivity contribution in [2.75, 3.05) is 7.11 Å². The summed E-state index contributed by atoms with van der Waals surface area (Å²) in [4.78, 5) is 27.3. The summed E-state index contributed by atoms with van der Waals surface area (Å²) in [7, 11) is 1.33. The fourth-order valence-electron chi connectivity index (χ4n) is 1.60. The minimum Gasteiger partial charge on any atom is -0.465 e. The molecule has 0 aliphatic carbocycles. The van der Waals surface area contributed by atoms with Crippen molar-refractivity contribution in [3.05, 3.63) is 29.6 Å². The van der Waals surface area contributed by atoms with E-state index in [1.807, 2.05) is 20.8 Å². The topological polar surface area (TPSA) is 80.3 Å². The third-order valence-electron chi connectivity index (χ3n) is 2.73. The van der Waals surface area contributed by atoms with Gasteiger partial charge < -0.3 is 15.4 Å². The minimum atomic E-state index is -0.417. The van der Waals surface area contributed by atoms with Gasteiger partial charge in [-0.25, -0.2) is 4.79 Å². The van der Waals surface area contributed by atoms with E-state index in [-0.39, 0.29) is 17.5 Å². The lowest BCUT2D eigenvalue weighted by Gasteiger charge is -2.23. The van der Waals surface area contributed by atoms with Gasteiger partial charge in [0.1, 0.15) is 0 Å². The highest BCUT2D eigenvalue weighted by Crippen LogP contribution is 2.03. The first-order valence-corrected chi connectivity index (χ1v) is 6.81. The fourth-order valence-corrected chi connectivity index (χ4v) is 1.60. The Morgan fingerprint density at radius 1 is 1.33 bits per heavy atom. The van der Waals surface area contributed by atoms with E-state index >= 15 is 0 Å². The third-order valence-corrected chi connectivity index (χ3v) is 2.73. The lowest BCUT2D eigenvalue weighted by molar-refractivity contribution is -0.124. The molecular weight excluding hydrogens is 270 g/mol. The van der Waals surface area contributed by atoms with Gasteiger partial charge in [0.15, 0.2) is 0 Å². The molecule has 116 valence electrons. The number of carbonyl (C=O) groups excluding carboxylic acids is 2. The number of hydrogen-bond acceptors (Lipinski definition) is 5. The second kappa shape index (κ2) is 7.17. The first-order chi connectivity index (χ1) is 9.73. The molecule has 0 aliphatic heterocycles. The molecule has 1 atom stereocenters. The molecule has 0 radical (unpaired) electrons. The van der Waals surface area contributed by atoms with Crippen LogP contribution in [0.2, 0.25) is 0 Å². The monoisotopic (exact) mass is 293 g/mol. The number of ether oxygens (including phenoxy) is 1. The number of rotatable bonds is 5. The van der Waals surface area contributed by atoms with Crippen LogP contribution in [0, 0.1) is 0 Å². The summed E-state index contributed by atoms with van der Waals surface area (Å²) in [5.41, 5.74) is 0.894. The predicted octanol–water partition coefficient (Wildman–Crippen LogP) is 1.26. The fraction of sp³-hybridized carbons (Fsp3) is 0.533. The van der Waals surface area contributed by atoms with E-state index in [9.17, 15) is 9.59 Å². The van der Waals surface area contributed by atoms with Crippen LogP contribution in [0.5, 0.6) is 0 Å². The molecule has 1 amide bonds. The van der Waals surface area contributed by atoms with Crippen LogP contribution < -0.4 is 10.6 Å². The molecule has 6 heteroatoms. The third kappa shape index (κ3) is 5.91. The van der Waals surface area contributed by atoms with Crippen molar-refractivity contribution in [3.8, 4) is 0 Å². The summed E-state index contributed by atoms with van der Waals surface area (Å²) in [6.45, 7) is 8.05. The van der Waals surface area contributed by atoms with Crippen LogP contribution in [0.3, 0.4) is 0 Å². The van der Waals surface area contributed by atoms with E-state index in [2.05, 4.69) is 20.4 Å². The van der Waals surface area contributed by atoms with E-state index in [1.165, 1.54) is 13.3 Å². The molecule has 0 saturated carbocycles. The zero-order chi connectivity index (χ0) is 16.0. The zero-order valence-electron chi connectivity index (χ0n) is 13.2. The summed E-state index contributed by atoms with van der Waals surface area (Å²) in [6, 6.07) is 3.05. The number of aromatic nitrogens is 1. The van der Waals surface area contributed by atoms with Gasteiger partial charge in [-0.3, -0.25) is 9.78 Å². The highest BCUT2D eigenvalue weighted by molar-refractivity contribution is 5.88. The Labute approximate surface area is 125 Å². The molecule has 1 aromatic heterocycles. The number of esters is 1. The summed E-state index contributed by atoms with van der Waals surface area (Å²) in [5.74, 6) is -0.478. The van der Waals surface area contributed by atoms with Gasteiger partial charge in [0.2, 0.25) is 5.91 Å². The lowest BCUT2D eigenvalue weighted by atomic mass is 10.1. The Hall–Kier alpha value is -1.95. The number of hydrogen-bond donors (Lipinski definition) is 2. The van der Waals surface area contributed by atoms with Crippen molar-refractivity contribution in [1.29, 1.82) is 0 Å². The quantitative estimate of drug-likeness (QED) is 0.799. The Bertz CT molecular complexity index is 492. The minimum absolute atomic E-state index is 0.0614. The Kier molecular flexibility index (Phi) is 5.84. The number of methoxy groups -OCH3 is 1. The summed E-state index contributed by atoms with van der Waals surface area (Å²) in [6.07, 6.45) is 1.46. The van der Waals surface area contributed by atoms with E-state index < -0.39 is 5.97 Å². The maximum Gasteiger partial charge on any atom is 0.339 e. The standard InChI is InChI=1S/C15H23N3O3/c1-10(13(19)18-15(2,3)4)16-9-12-7-6-11(8-17-12)14(20)21-5/h6-8,10,16H,9H2,1-5H3,(H,18,19). The maximum absolute atomic E-state index is 11.9. The molecule has 1 rings (SSSR count). The maximum atomic E-state index is 11.9. The van der Waals surface area contributed by atoms with Crippen LogP contribution in [-0.4, -0.2) is 35.6 Å². The van der Waals surface area contributed by atoms with E-state index in [1.54, 1.807) is 19.1 Å². The van der Waals surface area contributed by atoms with Crippen molar-refractivity contribution in [1.82, 2.24) is 15.6 Å². The van der Waals surface area contributed by atoms with Crippen LogP contribution >= 0.6 is 0 Å². The molecule has 2 N–H and O–H groups in total. The van der Waals surface area contributed by atoms with Gasteiger partial charge >= 0.3 is 5.97 Å². The van der Waals surface area contributed by atoms with Crippen molar-refractivity contribution in [3.63, 3.8) is 0 Å². The van der Waals surface area contributed by atoms with Crippen LogP contribution in [0.25, 0.3) is 0 Å². The van der Waals surface area contributed by atoms with E-state index in [0.29, 0.717) is 12.1 Å². The van der Waals surface area contributed by atoms with Crippen molar-refractivity contribution >= 4 is 11.9 Å². The van der Waals surface area contributed by atoms with Gasteiger partial charge in [-0.05, 0) is 39.8 Å². The molecule has 0 saturated heterocycles. The molecule has 0 spiro atoms. The largest absolute Gasteiger partial charge is 0.465 e. The molecule has 1 heterocycles. The number of carbonyl (C=O) groups is 2. The van der Waals surface area contributed by atoms with Gasteiger partial charge in [0.25, 0.3) is 0 Å². The van der Waals surface area contributed by atoms with Crippen LogP contribution in [0.4, 0.5) is 0 Å². The summed E-state index contributed by atoms with van der Waals surface area (Å²) in [5, 5.41) is 6.00. The molecule has 21 heavy (non-hydrogen) atoms. The molecule has 6 nitrogen and oxygen atoms in total. The van der Waals surface area contributed by atoms with Gasteiger partial charge in [-0.2, -0.15) is 0 Å². The van der Waals surface area contributed by atoms with Gasteiger partial charge in [0, 0.05) is 18.3 Å². The van der Waals surface area contributed by atoms with Gasteiger partial charge in [0.05, 0.1) is 24.4 Å². The Morgan fingerprint density at radius 3 is 2.48 bits per heavy atom. The van der Waals surface area contributed by atoms with E-state index in [4.69, 9.17) is 0 Å². The van der Waals surface area contributed by atoms with Crippen LogP contribution in [-0.2, 0) is 16.1 Å². The first-order valence-electron chi connectivity index (χ1n) is 6.81. The SMILES string of the molecule is COC(=O)c1ccc(CNC(C)C(=O)NC(C)(C)C)nc1. The molecule has 0 bridgehead atoms. The molecule has 0 aliphatic rings. The highest BCUT2D eigenvalue weighted by atomic mass is 16.5. The van der Waals surface area contributed by atoms with E-state index in [0.717, 1.165) is 5.69 Å². The second-order valence-corrected chi connectivity index (χ2v) is 5.87. The van der Waals surface area contributed by atoms with Gasteiger partial charge in [-0.15, -0.1) is 0 Å². The summed E-state index contributed by atoms with van der Waals surface area (Å²) >= 11 is 0. The number of nitrogens with zero attached hydrogens (tertiary/aromatic N) is 1. The van der Waals surface area contributed by atoms with Crippen molar-refractivity contribution < 1.29 is 14.3 Å². The molecule has 0 fully saturated rings. The predicted molar refractivity (Wildman–Crippen MR) is 79.8 cm³/mol. The average Bonchev–Trinajstić information content (AvgIpc) is 2.42. The Balaban J connectivity index is 2.51. The lowest BCUT2D eigenvalue weighted by Crippen LogP contribution is -2.49. The first kappa shape index (κ1) is 17.1. The van der Waals surface area contributed by atoms with Crippen molar-refractivity contribution in [2.24, 2.45) is 0 Å². The smallest absolute Gasteiger partial charge is 0.339 e. The molecule has 1 unspecified atom stereocenters. The van der Waals surface area contributed by atoms with Crippen molar-refractivity contribution in [2.45, 2.75) is 45.8 Å². The molecule has 0 aromatic carbocycles. The number of nitrogens with one attached hydrogen (secondary N) is 2. The summed E-state index contributed by atoms with van der Waals surface area (Å²) < 4.78 is 4.60. The van der Waals surface area contributed by atoms with Gasteiger partial charge in [-0.1, -0.05) is 0 Å². The second-order valence-electron chi connectivity index (χ2n) is 5.87. The Morgan fingerprint density at radius 2 is 2.00 bits per heavy atom. The molecular formula is C15H23N3O3. The average molecular weight is 293 g/mol.